The summed E-state index contributed by atoms with van der Waals surface area (Å²) >= 11 is 6.05. The number of ketones is 1. The molecule has 0 amide bonds. The number of likely N-dealkylation sites (tertiary alicyclic amines) is 1. The molecule has 0 bridgehead atoms. The van der Waals surface area contributed by atoms with Crippen LogP contribution in [0.1, 0.15) is 37.7 Å². The van der Waals surface area contributed by atoms with E-state index in [9.17, 15) is 13.2 Å². The van der Waals surface area contributed by atoms with Gasteiger partial charge in [-0.05, 0) is 68.0 Å². The lowest BCUT2D eigenvalue weighted by atomic mass is 9.62. The van der Waals surface area contributed by atoms with E-state index in [1.54, 1.807) is 0 Å². The molecule has 2 fully saturated rings. The van der Waals surface area contributed by atoms with E-state index in [1.807, 2.05) is 54.6 Å². The van der Waals surface area contributed by atoms with Crippen molar-refractivity contribution >= 4 is 33.1 Å². The van der Waals surface area contributed by atoms with Gasteiger partial charge in [-0.15, -0.1) is 0 Å². The largest absolute Gasteiger partial charge is 0.297 e. The summed E-state index contributed by atoms with van der Waals surface area (Å²) in [6.45, 7) is 2.48. The van der Waals surface area contributed by atoms with Gasteiger partial charge in [0.25, 0.3) is 0 Å². The summed E-state index contributed by atoms with van der Waals surface area (Å²) in [5, 5.41) is 0.684. The molecule has 1 saturated carbocycles. The van der Waals surface area contributed by atoms with E-state index in [-0.39, 0.29) is 17.1 Å². The van der Waals surface area contributed by atoms with Crippen molar-refractivity contribution in [3.05, 3.63) is 65.2 Å². The van der Waals surface area contributed by atoms with Gasteiger partial charge in [0.1, 0.15) is 0 Å². The average molecular weight is 475 g/mol. The molecule has 1 unspecified atom stereocenters. The molecule has 0 N–H and O–H groups in total. The number of rotatable bonds is 8. The van der Waals surface area contributed by atoms with Crippen LogP contribution in [-0.2, 0) is 20.2 Å². The Labute approximate surface area is 196 Å². The van der Waals surface area contributed by atoms with Crippen molar-refractivity contribution in [3.63, 3.8) is 0 Å². The van der Waals surface area contributed by atoms with Crippen molar-refractivity contribution < 1.29 is 13.2 Å². The van der Waals surface area contributed by atoms with Crippen molar-refractivity contribution in [2.24, 2.45) is 5.92 Å². The van der Waals surface area contributed by atoms with Crippen LogP contribution in [0.5, 0.6) is 0 Å². The van der Waals surface area contributed by atoms with Crippen LogP contribution in [0.25, 0.3) is 0 Å². The van der Waals surface area contributed by atoms with E-state index in [4.69, 9.17) is 11.6 Å². The molecule has 1 aliphatic heterocycles. The third-order valence-electron chi connectivity index (χ3n) is 6.98. The number of sulfonamides is 1. The van der Waals surface area contributed by atoms with Gasteiger partial charge in [-0.3, -0.25) is 14.0 Å². The fraction of sp³-hybridized carbons (Fsp3) is 0.480. The SMILES string of the molecule is CS(=O)(=O)N(CC1CCCN(CC(=O)C2(c3ccc(Cl)cc3)CCC2)C1)c1ccccc1. The maximum Gasteiger partial charge on any atom is 0.232 e. The Kier molecular flexibility index (Phi) is 6.94. The zero-order valence-corrected chi connectivity index (χ0v) is 20.1. The molecule has 2 aromatic rings. The van der Waals surface area contributed by atoms with Crippen LogP contribution in [0.2, 0.25) is 5.02 Å². The average Bonchev–Trinajstić information content (AvgIpc) is 2.73. The number of benzene rings is 2. The minimum absolute atomic E-state index is 0.194. The highest BCUT2D eigenvalue weighted by Gasteiger charge is 2.45. The lowest BCUT2D eigenvalue weighted by Gasteiger charge is -2.43. The molecule has 7 heteroatoms. The predicted octanol–water partition coefficient (Wildman–Crippen LogP) is 4.51. The van der Waals surface area contributed by atoms with Crippen LogP contribution in [0.15, 0.2) is 54.6 Å². The Hall–Kier alpha value is -1.89. The quantitative estimate of drug-likeness (QED) is 0.564. The van der Waals surface area contributed by atoms with E-state index >= 15 is 0 Å². The summed E-state index contributed by atoms with van der Waals surface area (Å²) < 4.78 is 26.4. The topological polar surface area (TPSA) is 57.7 Å². The van der Waals surface area contributed by atoms with Gasteiger partial charge in [0.2, 0.25) is 10.0 Å². The minimum atomic E-state index is -3.38. The molecule has 0 aromatic heterocycles. The van der Waals surface area contributed by atoms with Gasteiger partial charge >= 0.3 is 0 Å². The molecule has 2 aromatic carbocycles. The van der Waals surface area contributed by atoms with E-state index in [0.717, 1.165) is 50.8 Å². The van der Waals surface area contributed by atoms with Crippen molar-refractivity contribution in [2.45, 2.75) is 37.5 Å². The van der Waals surface area contributed by atoms with Gasteiger partial charge in [0.05, 0.1) is 23.9 Å². The number of halogens is 1. The Balaban J connectivity index is 1.43. The first-order valence-electron chi connectivity index (χ1n) is 11.3. The van der Waals surface area contributed by atoms with Gasteiger partial charge in [0, 0.05) is 18.1 Å². The first-order valence-corrected chi connectivity index (χ1v) is 13.5. The molecule has 1 atom stereocenters. The number of piperidine rings is 1. The number of para-hydroxylation sites is 1. The normalized spacial score (nSPS) is 21.0. The summed E-state index contributed by atoms with van der Waals surface area (Å²) in [5.74, 6) is 0.467. The van der Waals surface area contributed by atoms with Gasteiger partial charge < -0.3 is 0 Å². The summed E-state index contributed by atoms with van der Waals surface area (Å²) in [6.07, 6.45) is 6.04. The number of Topliss-reactive ketones (excluding diaryl/α,β-unsaturated/α-hetero) is 1. The van der Waals surface area contributed by atoms with Crippen molar-refractivity contribution in [2.75, 3.05) is 36.7 Å². The smallest absolute Gasteiger partial charge is 0.232 e. The van der Waals surface area contributed by atoms with E-state index < -0.39 is 10.0 Å². The van der Waals surface area contributed by atoms with Crippen molar-refractivity contribution in [3.8, 4) is 0 Å². The number of anilines is 1. The highest BCUT2D eigenvalue weighted by atomic mass is 35.5. The molecule has 2 aliphatic rings. The molecule has 0 radical (unpaired) electrons. The summed E-state index contributed by atoms with van der Waals surface area (Å²) in [6, 6.07) is 17.0. The van der Waals surface area contributed by atoms with Gasteiger partial charge in [-0.25, -0.2) is 8.42 Å². The van der Waals surface area contributed by atoms with Gasteiger partial charge in [-0.2, -0.15) is 0 Å². The number of nitrogens with zero attached hydrogens (tertiary/aromatic N) is 2. The first-order chi connectivity index (χ1) is 15.3. The third-order valence-corrected chi connectivity index (χ3v) is 8.39. The molecule has 4 rings (SSSR count). The summed E-state index contributed by atoms with van der Waals surface area (Å²) in [5.41, 5.74) is 1.37. The Morgan fingerprint density at radius 3 is 2.38 bits per heavy atom. The van der Waals surface area contributed by atoms with Crippen LogP contribution in [-0.4, -0.2) is 51.5 Å². The summed E-state index contributed by atoms with van der Waals surface area (Å²) in [4.78, 5) is 15.6. The fourth-order valence-electron chi connectivity index (χ4n) is 5.09. The molecular formula is C25H31ClN2O3S. The molecule has 1 saturated heterocycles. The molecule has 5 nitrogen and oxygen atoms in total. The standard InChI is InChI=1S/C25H31ClN2O3S/c1-32(30,31)28(23-8-3-2-4-9-23)18-20-7-5-16-27(17-20)19-24(29)25(14-6-15-25)21-10-12-22(26)13-11-21/h2-4,8-13,20H,5-7,14-19H2,1H3. The number of hydrogen-bond acceptors (Lipinski definition) is 4. The van der Waals surface area contributed by atoms with Crippen molar-refractivity contribution in [1.82, 2.24) is 4.90 Å². The van der Waals surface area contributed by atoms with Crippen LogP contribution in [0.3, 0.4) is 0 Å². The second-order valence-corrected chi connectivity index (χ2v) is 11.6. The number of hydrogen-bond donors (Lipinski definition) is 0. The number of carbonyl (C=O) groups excluding carboxylic acids is 1. The second-order valence-electron chi connectivity index (χ2n) is 9.24. The monoisotopic (exact) mass is 474 g/mol. The maximum absolute atomic E-state index is 13.4. The summed E-state index contributed by atoms with van der Waals surface area (Å²) in [7, 11) is -3.38. The van der Waals surface area contributed by atoms with E-state index in [0.29, 0.717) is 23.8 Å². The predicted molar refractivity (Wildman–Crippen MR) is 130 cm³/mol. The lowest BCUT2D eigenvalue weighted by molar-refractivity contribution is -0.129. The Morgan fingerprint density at radius 1 is 1.09 bits per heavy atom. The van der Waals surface area contributed by atoms with Crippen LogP contribution in [0.4, 0.5) is 5.69 Å². The zero-order valence-electron chi connectivity index (χ0n) is 18.5. The van der Waals surface area contributed by atoms with Crippen LogP contribution < -0.4 is 4.31 Å². The molecule has 1 heterocycles. The minimum Gasteiger partial charge on any atom is -0.297 e. The Morgan fingerprint density at radius 2 is 1.78 bits per heavy atom. The molecule has 0 spiro atoms. The first kappa shape index (κ1) is 23.3. The molecular weight excluding hydrogens is 444 g/mol. The Bertz CT molecular complexity index is 1040. The van der Waals surface area contributed by atoms with Crippen LogP contribution >= 0.6 is 11.6 Å². The highest BCUT2D eigenvalue weighted by Crippen LogP contribution is 2.45. The molecule has 32 heavy (non-hydrogen) atoms. The molecule has 1 aliphatic carbocycles. The maximum atomic E-state index is 13.4. The van der Waals surface area contributed by atoms with Gasteiger partial charge in [-0.1, -0.05) is 48.4 Å². The van der Waals surface area contributed by atoms with Crippen LogP contribution in [0, 0.1) is 5.92 Å². The van der Waals surface area contributed by atoms with E-state index in [1.165, 1.54) is 10.6 Å². The third kappa shape index (κ3) is 5.03. The number of carbonyl (C=O) groups is 1. The fourth-order valence-corrected chi connectivity index (χ4v) is 6.20. The molecule has 172 valence electrons. The van der Waals surface area contributed by atoms with E-state index in [2.05, 4.69) is 4.90 Å². The highest BCUT2D eigenvalue weighted by molar-refractivity contribution is 7.92. The lowest BCUT2D eigenvalue weighted by Crippen LogP contribution is -2.50. The van der Waals surface area contributed by atoms with Gasteiger partial charge in [0.15, 0.2) is 5.78 Å². The second kappa shape index (κ2) is 9.54. The zero-order chi connectivity index (χ0) is 22.8. The van der Waals surface area contributed by atoms with Crippen molar-refractivity contribution in [1.29, 1.82) is 0 Å².